The number of carbonyl (C=O) groups is 3. The molecule has 0 radical (unpaired) electrons. The van der Waals surface area contributed by atoms with E-state index in [9.17, 15) is 19.5 Å². The molecule has 3 aromatic rings. The number of aromatic nitrogens is 1. The number of methoxy groups -OCH3 is 2. The largest absolute Gasteiger partial charge is 0.505 e. The third-order valence-corrected chi connectivity index (χ3v) is 5.69. The Balaban J connectivity index is 2.10. The Hall–Kier alpha value is -4.38. The standard InChI is InChI=1S/C23H20N4O6S/c1-13-16(22(30)32-2)21(34-19(13)23(31)33-3)27-26-17(18(28)14-8-5-4-6-9-14)20(29)25-15-10-7-11-24-12-15/h4-12,28H,1-3H3,(H,25,29)/b18-17+,27-26?. The molecule has 0 bridgehead atoms. The number of amides is 1. The van der Waals surface area contributed by atoms with E-state index in [1.807, 2.05) is 0 Å². The van der Waals surface area contributed by atoms with Crippen LogP contribution >= 0.6 is 11.3 Å². The van der Waals surface area contributed by atoms with Gasteiger partial charge in [0.05, 0.1) is 26.1 Å². The van der Waals surface area contributed by atoms with Crippen LogP contribution in [0.3, 0.4) is 0 Å². The molecule has 0 aliphatic carbocycles. The number of aliphatic hydroxyl groups excluding tert-OH is 1. The van der Waals surface area contributed by atoms with Crippen molar-refractivity contribution in [2.24, 2.45) is 10.2 Å². The van der Waals surface area contributed by atoms with Crippen molar-refractivity contribution in [3.05, 3.63) is 82.1 Å². The molecule has 0 saturated heterocycles. The average molecular weight is 481 g/mol. The van der Waals surface area contributed by atoms with E-state index in [-0.39, 0.29) is 15.4 Å². The molecule has 0 saturated carbocycles. The second kappa shape index (κ2) is 11.0. The van der Waals surface area contributed by atoms with E-state index < -0.39 is 29.3 Å². The average Bonchev–Trinajstić information content (AvgIpc) is 3.20. The SMILES string of the molecule is COC(=O)c1sc(N=N/C(C(=O)Nc2cccnc2)=C(/O)c2ccccc2)c(C(=O)OC)c1C. The van der Waals surface area contributed by atoms with Crippen molar-refractivity contribution < 1.29 is 29.0 Å². The predicted molar refractivity (Wildman–Crippen MR) is 125 cm³/mol. The van der Waals surface area contributed by atoms with Gasteiger partial charge in [0.15, 0.2) is 16.5 Å². The van der Waals surface area contributed by atoms with Gasteiger partial charge in [0, 0.05) is 11.8 Å². The van der Waals surface area contributed by atoms with E-state index in [0.29, 0.717) is 16.8 Å². The van der Waals surface area contributed by atoms with Crippen LogP contribution in [0, 0.1) is 6.92 Å². The zero-order valence-corrected chi connectivity index (χ0v) is 19.3. The molecule has 0 unspecified atom stereocenters. The number of nitrogens with one attached hydrogen (secondary N) is 1. The van der Waals surface area contributed by atoms with Crippen LogP contribution in [0.1, 0.15) is 31.2 Å². The number of benzene rings is 1. The fourth-order valence-electron chi connectivity index (χ4n) is 2.85. The van der Waals surface area contributed by atoms with Crippen LogP contribution in [-0.2, 0) is 14.3 Å². The van der Waals surface area contributed by atoms with Crippen LogP contribution < -0.4 is 5.32 Å². The monoisotopic (exact) mass is 480 g/mol. The summed E-state index contributed by atoms with van der Waals surface area (Å²) in [6.45, 7) is 1.54. The molecule has 1 aromatic carbocycles. The third kappa shape index (κ3) is 5.33. The highest BCUT2D eigenvalue weighted by Gasteiger charge is 2.26. The van der Waals surface area contributed by atoms with Gasteiger partial charge in [-0.25, -0.2) is 9.59 Å². The van der Waals surface area contributed by atoms with Crippen molar-refractivity contribution in [3.8, 4) is 0 Å². The van der Waals surface area contributed by atoms with Gasteiger partial charge < -0.3 is 19.9 Å². The minimum Gasteiger partial charge on any atom is -0.505 e. The molecular weight excluding hydrogens is 460 g/mol. The van der Waals surface area contributed by atoms with E-state index in [2.05, 4.69) is 20.5 Å². The molecule has 2 aromatic heterocycles. The molecule has 1 amide bonds. The molecule has 0 aliphatic heterocycles. The summed E-state index contributed by atoms with van der Waals surface area (Å²) in [5.41, 5.74) is 0.578. The maximum atomic E-state index is 13.0. The molecule has 2 heterocycles. The fourth-order valence-corrected chi connectivity index (χ4v) is 3.89. The molecule has 11 heteroatoms. The Morgan fingerprint density at radius 2 is 1.74 bits per heavy atom. The highest BCUT2D eigenvalue weighted by atomic mass is 32.1. The maximum absolute atomic E-state index is 13.0. The summed E-state index contributed by atoms with van der Waals surface area (Å²) in [5, 5.41) is 21.4. The van der Waals surface area contributed by atoms with Gasteiger partial charge in [0.2, 0.25) is 0 Å². The van der Waals surface area contributed by atoms with E-state index >= 15 is 0 Å². The molecular formula is C23H20N4O6S. The molecule has 174 valence electrons. The first kappa shape index (κ1) is 24.3. The lowest BCUT2D eigenvalue weighted by molar-refractivity contribution is -0.112. The summed E-state index contributed by atoms with van der Waals surface area (Å²) in [6.07, 6.45) is 2.97. The smallest absolute Gasteiger partial charge is 0.348 e. The van der Waals surface area contributed by atoms with Gasteiger partial charge in [-0.2, -0.15) is 0 Å². The zero-order valence-electron chi connectivity index (χ0n) is 18.4. The zero-order chi connectivity index (χ0) is 24.7. The maximum Gasteiger partial charge on any atom is 0.348 e. The summed E-state index contributed by atoms with van der Waals surface area (Å²) in [5.74, 6) is -2.60. The van der Waals surface area contributed by atoms with Crippen LogP contribution in [0.4, 0.5) is 10.7 Å². The number of hydrogen-bond donors (Lipinski definition) is 2. The van der Waals surface area contributed by atoms with E-state index in [1.165, 1.54) is 20.4 Å². The minimum absolute atomic E-state index is 0.00266. The first-order valence-corrected chi connectivity index (χ1v) is 10.6. The Morgan fingerprint density at radius 1 is 1.03 bits per heavy atom. The number of hydrogen-bond acceptors (Lipinski definition) is 10. The summed E-state index contributed by atoms with van der Waals surface area (Å²) in [4.78, 5) is 41.5. The van der Waals surface area contributed by atoms with Gasteiger partial charge in [-0.1, -0.05) is 30.3 Å². The topological polar surface area (TPSA) is 140 Å². The Kier molecular flexibility index (Phi) is 7.83. The van der Waals surface area contributed by atoms with Gasteiger partial charge in [-0.15, -0.1) is 21.6 Å². The van der Waals surface area contributed by atoms with Crippen molar-refractivity contribution in [2.75, 3.05) is 19.5 Å². The first-order chi connectivity index (χ1) is 16.4. The summed E-state index contributed by atoms with van der Waals surface area (Å²) < 4.78 is 9.55. The number of azo groups is 1. The fraction of sp³-hybridized carbons (Fsp3) is 0.130. The van der Waals surface area contributed by atoms with Crippen molar-refractivity contribution >= 4 is 45.6 Å². The first-order valence-electron chi connectivity index (χ1n) is 9.79. The summed E-state index contributed by atoms with van der Waals surface area (Å²) in [6, 6.07) is 11.5. The highest BCUT2D eigenvalue weighted by Crippen LogP contribution is 2.37. The molecule has 2 N–H and O–H groups in total. The lowest BCUT2D eigenvalue weighted by Gasteiger charge is -2.07. The number of aliphatic hydroxyl groups is 1. The van der Waals surface area contributed by atoms with Crippen LogP contribution in [0.15, 0.2) is 70.8 Å². The molecule has 0 atom stereocenters. The predicted octanol–water partition coefficient (Wildman–Crippen LogP) is 4.67. The lowest BCUT2D eigenvalue weighted by Crippen LogP contribution is -2.15. The third-order valence-electron chi connectivity index (χ3n) is 4.54. The van der Waals surface area contributed by atoms with Crippen molar-refractivity contribution in [1.82, 2.24) is 4.98 Å². The van der Waals surface area contributed by atoms with Gasteiger partial charge in [-0.3, -0.25) is 9.78 Å². The number of thiophene rings is 1. The number of esters is 2. The Labute approximate surface area is 198 Å². The van der Waals surface area contributed by atoms with Gasteiger partial charge in [-0.05, 0) is 24.6 Å². The van der Waals surface area contributed by atoms with Crippen molar-refractivity contribution in [1.29, 1.82) is 0 Å². The Morgan fingerprint density at radius 3 is 2.35 bits per heavy atom. The number of ether oxygens (including phenoxy) is 2. The van der Waals surface area contributed by atoms with Crippen LogP contribution in [0.2, 0.25) is 0 Å². The second-order valence-electron chi connectivity index (χ2n) is 6.68. The number of carbonyl (C=O) groups excluding carboxylic acids is 3. The molecule has 10 nitrogen and oxygen atoms in total. The summed E-state index contributed by atoms with van der Waals surface area (Å²) in [7, 11) is 2.40. The van der Waals surface area contributed by atoms with Crippen LogP contribution in [0.5, 0.6) is 0 Å². The normalized spacial score (nSPS) is 11.6. The molecule has 3 rings (SSSR count). The van der Waals surface area contributed by atoms with Crippen molar-refractivity contribution in [2.45, 2.75) is 6.92 Å². The van der Waals surface area contributed by atoms with Crippen molar-refractivity contribution in [3.63, 3.8) is 0 Å². The van der Waals surface area contributed by atoms with Crippen LogP contribution in [0.25, 0.3) is 5.76 Å². The Bertz CT molecular complexity index is 1270. The number of nitrogens with zero attached hydrogens (tertiary/aromatic N) is 3. The van der Waals surface area contributed by atoms with Crippen LogP contribution in [-0.4, -0.2) is 42.2 Å². The number of anilines is 1. The summed E-state index contributed by atoms with van der Waals surface area (Å²) >= 11 is 0.846. The van der Waals surface area contributed by atoms with E-state index in [0.717, 1.165) is 11.3 Å². The van der Waals surface area contributed by atoms with Gasteiger partial charge >= 0.3 is 11.9 Å². The lowest BCUT2D eigenvalue weighted by atomic mass is 10.1. The molecule has 0 spiro atoms. The molecule has 34 heavy (non-hydrogen) atoms. The quantitative estimate of drug-likeness (QED) is 0.217. The highest BCUT2D eigenvalue weighted by molar-refractivity contribution is 7.18. The number of pyridine rings is 1. The minimum atomic E-state index is -0.765. The van der Waals surface area contributed by atoms with E-state index in [1.54, 1.807) is 55.6 Å². The second-order valence-corrected chi connectivity index (χ2v) is 7.68. The molecule has 0 aliphatic rings. The number of rotatable bonds is 7. The molecule has 0 fully saturated rings. The van der Waals surface area contributed by atoms with Gasteiger partial charge in [0.25, 0.3) is 5.91 Å². The van der Waals surface area contributed by atoms with E-state index in [4.69, 9.17) is 9.47 Å². The van der Waals surface area contributed by atoms with Gasteiger partial charge in [0.1, 0.15) is 10.4 Å².